The van der Waals surface area contributed by atoms with Crippen molar-refractivity contribution in [2.45, 2.75) is 284 Å². The second-order valence-electron chi connectivity index (χ2n) is 17.1. The van der Waals surface area contributed by atoms with Gasteiger partial charge in [-0.2, -0.15) is 0 Å². The first kappa shape index (κ1) is 55.2. The Labute approximate surface area is 354 Å². The Bertz CT molecular complexity index is 885. The van der Waals surface area contributed by atoms with Crippen molar-refractivity contribution in [2.24, 2.45) is 0 Å². The van der Waals surface area contributed by atoms with Gasteiger partial charge in [-0.25, -0.2) is 0 Å². The monoisotopic (exact) mass is 805 g/mol. The van der Waals surface area contributed by atoms with Crippen LogP contribution in [0, 0.1) is 0 Å². The van der Waals surface area contributed by atoms with E-state index in [1.165, 1.54) is 173 Å². The van der Waals surface area contributed by atoms with Crippen LogP contribution in [-0.4, -0.2) is 37.2 Å². The number of unbranched alkanes of at least 4 members (excludes halogenated alkanes) is 33. The number of allylic oxidation sites excluding steroid dienone is 2. The van der Waals surface area contributed by atoms with Crippen LogP contribution in [0.4, 0.5) is 0 Å². The molecule has 0 N–H and O–H groups in total. The maximum atomic E-state index is 12.7. The molecule has 0 radical (unpaired) electrons. The van der Waals surface area contributed by atoms with Gasteiger partial charge in [-0.3, -0.25) is 14.4 Å². The van der Waals surface area contributed by atoms with Crippen LogP contribution in [0.15, 0.2) is 12.2 Å². The van der Waals surface area contributed by atoms with Crippen LogP contribution < -0.4 is 0 Å². The predicted molar refractivity (Wildman–Crippen MR) is 243 cm³/mol. The lowest BCUT2D eigenvalue weighted by atomic mass is 10.0. The molecule has 0 fully saturated rings. The second-order valence-corrected chi connectivity index (χ2v) is 17.1. The first-order valence-electron chi connectivity index (χ1n) is 25.2. The van der Waals surface area contributed by atoms with E-state index < -0.39 is 6.10 Å². The van der Waals surface area contributed by atoms with Crippen LogP contribution in [0.3, 0.4) is 0 Å². The van der Waals surface area contributed by atoms with Crippen molar-refractivity contribution >= 4 is 17.9 Å². The van der Waals surface area contributed by atoms with E-state index in [9.17, 15) is 14.4 Å². The van der Waals surface area contributed by atoms with E-state index in [4.69, 9.17) is 14.2 Å². The molecule has 0 aliphatic rings. The molecule has 0 spiro atoms. The highest BCUT2D eigenvalue weighted by atomic mass is 16.6. The summed E-state index contributed by atoms with van der Waals surface area (Å²) in [6.45, 7) is 6.63. The highest BCUT2D eigenvalue weighted by Crippen LogP contribution is 2.16. The predicted octanol–water partition coefficient (Wildman–Crippen LogP) is 16.2. The topological polar surface area (TPSA) is 78.9 Å². The molecule has 57 heavy (non-hydrogen) atoms. The molecule has 0 rings (SSSR count). The van der Waals surface area contributed by atoms with Gasteiger partial charge in [-0.1, -0.05) is 226 Å². The Balaban J connectivity index is 4.27. The summed E-state index contributed by atoms with van der Waals surface area (Å²) in [7, 11) is 0. The van der Waals surface area contributed by atoms with Crippen molar-refractivity contribution in [1.29, 1.82) is 0 Å². The third-order valence-electron chi connectivity index (χ3n) is 11.3. The summed E-state index contributed by atoms with van der Waals surface area (Å²) in [5.74, 6) is -0.867. The molecule has 6 nitrogen and oxygen atoms in total. The number of hydrogen-bond donors (Lipinski definition) is 0. The van der Waals surface area contributed by atoms with Gasteiger partial charge in [0.2, 0.25) is 0 Å². The first-order chi connectivity index (χ1) is 28.0. The number of carbonyl (C=O) groups excluding carboxylic acids is 3. The van der Waals surface area contributed by atoms with E-state index in [2.05, 4.69) is 32.9 Å². The Morgan fingerprint density at radius 1 is 0.333 bits per heavy atom. The van der Waals surface area contributed by atoms with E-state index in [0.29, 0.717) is 19.3 Å². The van der Waals surface area contributed by atoms with Crippen molar-refractivity contribution < 1.29 is 28.6 Å². The van der Waals surface area contributed by atoms with Crippen LogP contribution >= 0.6 is 0 Å². The number of esters is 3. The SMILES string of the molecule is CCCCCCCC/C=C\CCCCCCCC(=O)OC(COC(=O)CCCCCCCCCC)COC(=O)CCCCCCCCCCCCCCCCCC. The van der Waals surface area contributed by atoms with Gasteiger partial charge in [0.1, 0.15) is 13.2 Å². The van der Waals surface area contributed by atoms with Gasteiger partial charge in [0, 0.05) is 19.3 Å². The second kappa shape index (κ2) is 46.8. The number of hydrogen-bond acceptors (Lipinski definition) is 6. The van der Waals surface area contributed by atoms with Gasteiger partial charge in [0.15, 0.2) is 6.10 Å². The molecule has 0 bridgehead atoms. The number of ether oxygens (including phenoxy) is 3. The van der Waals surface area contributed by atoms with E-state index >= 15 is 0 Å². The highest BCUT2D eigenvalue weighted by Gasteiger charge is 2.19. The van der Waals surface area contributed by atoms with Crippen LogP contribution in [0.25, 0.3) is 0 Å². The quantitative estimate of drug-likeness (QED) is 0.0264. The number of carbonyl (C=O) groups is 3. The largest absolute Gasteiger partial charge is 0.462 e. The van der Waals surface area contributed by atoms with Crippen molar-refractivity contribution in [1.82, 2.24) is 0 Å². The molecule has 0 saturated heterocycles. The Morgan fingerprint density at radius 3 is 0.877 bits per heavy atom. The summed E-state index contributed by atoms with van der Waals surface area (Å²) in [5, 5.41) is 0. The molecule has 0 heterocycles. The summed E-state index contributed by atoms with van der Waals surface area (Å²) >= 11 is 0. The standard InChI is InChI=1S/C51H96O6/c1-4-7-10-13-16-19-21-23-25-27-28-30-32-35-38-41-44-50(53)56-47-48(46-55-49(52)43-40-37-34-18-15-12-9-6-3)57-51(54)45-42-39-36-33-31-29-26-24-22-20-17-14-11-8-5-2/h24,26,48H,4-23,25,27-47H2,1-3H3/b26-24-. The number of rotatable bonds is 46. The Hall–Kier alpha value is -1.85. The van der Waals surface area contributed by atoms with E-state index in [0.717, 1.165) is 64.2 Å². The summed E-state index contributed by atoms with van der Waals surface area (Å²) in [6.07, 6.45) is 50.6. The molecule has 336 valence electrons. The summed E-state index contributed by atoms with van der Waals surface area (Å²) in [5.41, 5.74) is 0. The molecular formula is C51H96O6. The molecule has 0 aliphatic heterocycles. The smallest absolute Gasteiger partial charge is 0.306 e. The van der Waals surface area contributed by atoms with E-state index in [1.54, 1.807) is 0 Å². The van der Waals surface area contributed by atoms with Crippen molar-refractivity contribution in [3.05, 3.63) is 12.2 Å². The van der Waals surface area contributed by atoms with Crippen LogP contribution in [0.5, 0.6) is 0 Å². The van der Waals surface area contributed by atoms with Gasteiger partial charge < -0.3 is 14.2 Å². The summed E-state index contributed by atoms with van der Waals surface area (Å²) in [4.78, 5) is 37.8. The van der Waals surface area contributed by atoms with Gasteiger partial charge in [-0.05, 0) is 44.9 Å². The Kier molecular flexibility index (Phi) is 45.3. The fourth-order valence-electron chi connectivity index (χ4n) is 7.44. The minimum absolute atomic E-state index is 0.0686. The van der Waals surface area contributed by atoms with Crippen LogP contribution in [0.2, 0.25) is 0 Å². The van der Waals surface area contributed by atoms with Gasteiger partial charge >= 0.3 is 17.9 Å². The average molecular weight is 805 g/mol. The van der Waals surface area contributed by atoms with Gasteiger partial charge in [0.25, 0.3) is 0 Å². The molecule has 0 aromatic carbocycles. The van der Waals surface area contributed by atoms with Crippen LogP contribution in [0.1, 0.15) is 278 Å². The van der Waals surface area contributed by atoms with Crippen molar-refractivity contribution in [3.8, 4) is 0 Å². The lowest BCUT2D eigenvalue weighted by molar-refractivity contribution is -0.167. The minimum Gasteiger partial charge on any atom is -0.462 e. The fraction of sp³-hybridized carbons (Fsp3) is 0.902. The zero-order valence-electron chi connectivity index (χ0n) is 38.4. The summed E-state index contributed by atoms with van der Waals surface area (Å²) < 4.78 is 16.7. The lowest BCUT2D eigenvalue weighted by Crippen LogP contribution is -2.30. The van der Waals surface area contributed by atoms with E-state index in [1.807, 2.05) is 0 Å². The molecule has 1 atom stereocenters. The molecule has 1 unspecified atom stereocenters. The molecule has 0 amide bonds. The fourth-order valence-corrected chi connectivity index (χ4v) is 7.44. The van der Waals surface area contributed by atoms with Crippen molar-refractivity contribution in [2.75, 3.05) is 13.2 Å². The zero-order valence-corrected chi connectivity index (χ0v) is 38.4. The van der Waals surface area contributed by atoms with Crippen molar-refractivity contribution in [3.63, 3.8) is 0 Å². The van der Waals surface area contributed by atoms with E-state index in [-0.39, 0.29) is 31.1 Å². The maximum Gasteiger partial charge on any atom is 0.306 e. The third-order valence-corrected chi connectivity index (χ3v) is 11.3. The molecule has 0 aromatic rings. The molecule has 0 aliphatic carbocycles. The molecular weight excluding hydrogens is 709 g/mol. The Morgan fingerprint density at radius 2 is 0.579 bits per heavy atom. The van der Waals surface area contributed by atoms with Gasteiger partial charge in [0.05, 0.1) is 0 Å². The highest BCUT2D eigenvalue weighted by molar-refractivity contribution is 5.71. The van der Waals surface area contributed by atoms with Crippen LogP contribution in [-0.2, 0) is 28.6 Å². The summed E-state index contributed by atoms with van der Waals surface area (Å²) in [6, 6.07) is 0. The first-order valence-corrected chi connectivity index (χ1v) is 25.2. The normalized spacial score (nSPS) is 12.0. The zero-order chi connectivity index (χ0) is 41.5. The minimum atomic E-state index is -0.766. The molecule has 0 aromatic heterocycles. The average Bonchev–Trinajstić information content (AvgIpc) is 3.21. The molecule has 6 heteroatoms. The van der Waals surface area contributed by atoms with Gasteiger partial charge in [-0.15, -0.1) is 0 Å². The molecule has 0 saturated carbocycles. The third kappa shape index (κ3) is 45.1. The lowest BCUT2D eigenvalue weighted by Gasteiger charge is -2.18. The maximum absolute atomic E-state index is 12.7.